The van der Waals surface area contributed by atoms with Crippen molar-refractivity contribution in [1.82, 2.24) is 4.90 Å². The van der Waals surface area contributed by atoms with Crippen molar-refractivity contribution < 1.29 is 0 Å². The molecule has 1 saturated carbocycles. The maximum absolute atomic E-state index is 5.85. The smallest absolute Gasteiger partial charge is 0.0127 e. The molecule has 2 aliphatic rings. The van der Waals surface area contributed by atoms with Gasteiger partial charge in [0.1, 0.15) is 0 Å². The molecule has 1 saturated heterocycles. The Balaban J connectivity index is 1.85. The van der Waals surface area contributed by atoms with Gasteiger partial charge in [0, 0.05) is 25.2 Å². The minimum atomic E-state index is 0.551. The minimum absolute atomic E-state index is 0.551. The first-order valence-corrected chi connectivity index (χ1v) is 4.73. The van der Waals surface area contributed by atoms with E-state index in [-0.39, 0.29) is 0 Å². The highest BCUT2D eigenvalue weighted by Gasteiger charge is 2.53. The number of rotatable bonds is 2. The Kier molecular flexibility index (Phi) is 1.69. The molecular formula is C9H18N2. The van der Waals surface area contributed by atoms with E-state index < -0.39 is 0 Å². The number of nitrogens with two attached hydrogens (primary N) is 1. The van der Waals surface area contributed by atoms with Crippen LogP contribution in [0.3, 0.4) is 0 Å². The monoisotopic (exact) mass is 154 g/mol. The molecule has 64 valence electrons. The molecule has 1 aliphatic carbocycles. The molecule has 0 spiro atoms. The molecule has 2 nitrogen and oxygen atoms in total. The summed E-state index contributed by atoms with van der Waals surface area (Å²) in [5, 5.41) is 0. The Morgan fingerprint density at radius 3 is 2.45 bits per heavy atom. The van der Waals surface area contributed by atoms with Crippen molar-refractivity contribution in [2.24, 2.45) is 17.6 Å². The van der Waals surface area contributed by atoms with Crippen LogP contribution in [0.5, 0.6) is 0 Å². The molecule has 2 rings (SSSR count). The van der Waals surface area contributed by atoms with E-state index in [2.05, 4.69) is 18.7 Å². The highest BCUT2D eigenvalue weighted by atomic mass is 15.2. The largest absolute Gasteiger partial charge is 0.327 e. The van der Waals surface area contributed by atoms with Crippen molar-refractivity contribution in [1.29, 1.82) is 0 Å². The number of fused-ring (bicyclic) bond motifs is 1. The van der Waals surface area contributed by atoms with E-state index in [9.17, 15) is 0 Å². The van der Waals surface area contributed by atoms with Gasteiger partial charge >= 0.3 is 0 Å². The third-order valence-electron chi connectivity index (χ3n) is 3.50. The van der Waals surface area contributed by atoms with Gasteiger partial charge in [-0.2, -0.15) is 0 Å². The third kappa shape index (κ3) is 1.09. The van der Waals surface area contributed by atoms with Crippen LogP contribution >= 0.6 is 0 Å². The molecule has 2 N–H and O–H groups in total. The van der Waals surface area contributed by atoms with Gasteiger partial charge in [-0.15, -0.1) is 0 Å². The van der Waals surface area contributed by atoms with E-state index in [1.165, 1.54) is 19.5 Å². The van der Waals surface area contributed by atoms with Gasteiger partial charge in [-0.1, -0.05) is 6.92 Å². The Morgan fingerprint density at radius 2 is 2.00 bits per heavy atom. The van der Waals surface area contributed by atoms with E-state index in [4.69, 9.17) is 5.73 Å². The lowest BCUT2D eigenvalue weighted by Gasteiger charge is -2.24. The molecule has 0 aromatic heterocycles. The van der Waals surface area contributed by atoms with Crippen LogP contribution in [0, 0.1) is 11.8 Å². The number of hydrogen-bond acceptors (Lipinski definition) is 2. The highest BCUT2D eigenvalue weighted by Crippen LogP contribution is 2.44. The fraction of sp³-hybridized carbons (Fsp3) is 1.00. The van der Waals surface area contributed by atoms with E-state index in [0.29, 0.717) is 6.04 Å². The Hall–Kier alpha value is -0.0800. The van der Waals surface area contributed by atoms with Crippen molar-refractivity contribution in [3.63, 3.8) is 0 Å². The van der Waals surface area contributed by atoms with Gasteiger partial charge in [0.15, 0.2) is 0 Å². The molecule has 2 heteroatoms. The molecule has 0 aromatic rings. The average Bonchev–Trinajstić information content (AvgIpc) is 2.55. The van der Waals surface area contributed by atoms with Crippen LogP contribution in [-0.2, 0) is 0 Å². The van der Waals surface area contributed by atoms with Gasteiger partial charge in [-0.3, -0.25) is 4.90 Å². The van der Waals surface area contributed by atoms with Crippen molar-refractivity contribution in [3.05, 3.63) is 0 Å². The average molecular weight is 154 g/mol. The van der Waals surface area contributed by atoms with Gasteiger partial charge in [0.25, 0.3) is 0 Å². The van der Waals surface area contributed by atoms with Crippen LogP contribution < -0.4 is 5.73 Å². The molecule has 1 aliphatic heterocycles. The Labute approximate surface area is 68.7 Å². The summed E-state index contributed by atoms with van der Waals surface area (Å²) in [6.07, 6.45) is 1.27. The summed E-state index contributed by atoms with van der Waals surface area (Å²) in [6, 6.07) is 1.32. The third-order valence-corrected chi connectivity index (χ3v) is 3.50. The number of nitrogens with zero attached hydrogens (tertiary/aromatic N) is 1. The molecule has 2 fully saturated rings. The van der Waals surface area contributed by atoms with Crippen LogP contribution in [0.25, 0.3) is 0 Å². The van der Waals surface area contributed by atoms with Crippen molar-refractivity contribution in [2.45, 2.75) is 32.4 Å². The molecule has 1 heterocycles. The summed E-state index contributed by atoms with van der Waals surface area (Å²) < 4.78 is 0. The lowest BCUT2D eigenvalue weighted by Crippen LogP contribution is -2.35. The topological polar surface area (TPSA) is 29.3 Å². The van der Waals surface area contributed by atoms with Crippen LogP contribution in [0.2, 0.25) is 0 Å². The van der Waals surface area contributed by atoms with E-state index in [1.807, 2.05) is 0 Å². The summed E-state index contributed by atoms with van der Waals surface area (Å²) in [5.41, 5.74) is 5.85. The van der Waals surface area contributed by atoms with Gasteiger partial charge in [0.2, 0.25) is 0 Å². The van der Waals surface area contributed by atoms with Crippen LogP contribution in [0.1, 0.15) is 20.3 Å². The number of likely N-dealkylation sites (tertiary alicyclic amines) is 1. The minimum Gasteiger partial charge on any atom is -0.327 e. The highest BCUT2D eigenvalue weighted by molar-refractivity contribution is 5.08. The first-order valence-electron chi connectivity index (χ1n) is 4.73. The van der Waals surface area contributed by atoms with Crippen molar-refractivity contribution in [2.75, 3.05) is 13.1 Å². The standard InChI is InChI=1S/C9H18N2/c1-3-6(2)11-4-7-8(5-11)9(7)10/h6-9H,3-5,10H2,1-2H3. The Morgan fingerprint density at radius 1 is 1.45 bits per heavy atom. The molecule has 3 unspecified atom stereocenters. The van der Waals surface area contributed by atoms with Crippen molar-refractivity contribution >= 4 is 0 Å². The fourth-order valence-corrected chi connectivity index (χ4v) is 2.22. The number of piperidine rings is 1. The fourth-order valence-electron chi connectivity index (χ4n) is 2.22. The molecule has 0 radical (unpaired) electrons. The second-order valence-corrected chi connectivity index (χ2v) is 4.12. The zero-order chi connectivity index (χ0) is 8.01. The molecule has 0 bridgehead atoms. The number of hydrogen-bond donors (Lipinski definition) is 1. The SMILES string of the molecule is CCC(C)N1CC2C(N)C2C1. The Bertz CT molecular complexity index is 146. The second kappa shape index (κ2) is 2.46. The quantitative estimate of drug-likeness (QED) is 0.633. The summed E-state index contributed by atoms with van der Waals surface area (Å²) in [4.78, 5) is 2.58. The first kappa shape index (κ1) is 7.56. The van der Waals surface area contributed by atoms with Crippen LogP contribution in [0.4, 0.5) is 0 Å². The lowest BCUT2D eigenvalue weighted by atomic mass is 10.2. The molecule has 0 amide bonds. The lowest BCUT2D eigenvalue weighted by molar-refractivity contribution is 0.224. The van der Waals surface area contributed by atoms with Gasteiger partial charge in [-0.05, 0) is 25.2 Å². The van der Waals surface area contributed by atoms with E-state index in [1.54, 1.807) is 0 Å². The molecule has 0 aromatic carbocycles. The van der Waals surface area contributed by atoms with Gasteiger partial charge in [-0.25, -0.2) is 0 Å². The zero-order valence-electron chi connectivity index (χ0n) is 7.46. The normalized spacial score (nSPS) is 45.5. The van der Waals surface area contributed by atoms with E-state index in [0.717, 1.165) is 17.9 Å². The maximum atomic E-state index is 5.85. The second-order valence-electron chi connectivity index (χ2n) is 4.12. The summed E-state index contributed by atoms with van der Waals surface area (Å²) in [5.74, 6) is 1.70. The van der Waals surface area contributed by atoms with E-state index >= 15 is 0 Å². The molecule has 3 atom stereocenters. The first-order chi connectivity index (χ1) is 5.24. The molecular weight excluding hydrogens is 136 g/mol. The van der Waals surface area contributed by atoms with Gasteiger partial charge < -0.3 is 5.73 Å². The predicted molar refractivity (Wildman–Crippen MR) is 46.3 cm³/mol. The summed E-state index contributed by atoms with van der Waals surface area (Å²) in [6.45, 7) is 7.10. The van der Waals surface area contributed by atoms with Crippen molar-refractivity contribution in [3.8, 4) is 0 Å². The zero-order valence-corrected chi connectivity index (χ0v) is 7.46. The summed E-state index contributed by atoms with van der Waals surface area (Å²) in [7, 11) is 0. The molecule has 11 heavy (non-hydrogen) atoms. The predicted octanol–water partition coefficient (Wildman–Crippen LogP) is 0.674. The van der Waals surface area contributed by atoms with Crippen LogP contribution in [-0.4, -0.2) is 30.1 Å². The van der Waals surface area contributed by atoms with Crippen LogP contribution in [0.15, 0.2) is 0 Å². The maximum Gasteiger partial charge on any atom is 0.0127 e. The summed E-state index contributed by atoms with van der Waals surface area (Å²) >= 11 is 0. The van der Waals surface area contributed by atoms with Gasteiger partial charge in [0.05, 0.1) is 0 Å².